The molecule has 1 N–H and O–H groups in total. The Morgan fingerprint density at radius 2 is 1.75 bits per heavy atom. The first-order chi connectivity index (χ1) is 17.0. The fourth-order valence-corrected chi connectivity index (χ4v) is 5.27. The van der Waals surface area contributed by atoms with Gasteiger partial charge in [0.2, 0.25) is 21.8 Å². The number of carbonyl (C=O) groups is 2. The standard InChI is InChI=1S/C27H38ClN3O4S/c1-6-16-29-27(33)24(7-2)30(19-22-12-9-8-11-20(22)3)26(32)13-10-17-31(36(5,34)35)25-18-23(28)15-14-21(25)4/h8-9,11-12,14-15,18,24H,6-7,10,13,16-17,19H2,1-5H3,(H,29,33). The van der Waals surface area contributed by atoms with Crippen molar-refractivity contribution in [3.05, 3.63) is 64.2 Å². The molecule has 0 aliphatic heterocycles. The summed E-state index contributed by atoms with van der Waals surface area (Å²) in [7, 11) is -3.59. The quantitative estimate of drug-likeness (QED) is 0.398. The summed E-state index contributed by atoms with van der Waals surface area (Å²) in [6, 6.07) is 12.3. The first kappa shape index (κ1) is 29.6. The Kier molecular flexibility index (Phi) is 11.2. The molecule has 0 heterocycles. The van der Waals surface area contributed by atoms with Gasteiger partial charge in [-0.05, 0) is 61.9 Å². The summed E-state index contributed by atoms with van der Waals surface area (Å²) < 4.78 is 26.4. The normalized spacial score (nSPS) is 12.2. The van der Waals surface area contributed by atoms with Crippen LogP contribution in [-0.2, 0) is 26.2 Å². The number of halogens is 1. The van der Waals surface area contributed by atoms with E-state index in [1.165, 1.54) is 4.31 Å². The van der Waals surface area contributed by atoms with Crippen LogP contribution in [0.1, 0.15) is 56.2 Å². The minimum absolute atomic E-state index is 0.106. The van der Waals surface area contributed by atoms with Gasteiger partial charge in [0.1, 0.15) is 6.04 Å². The van der Waals surface area contributed by atoms with Crippen molar-refractivity contribution in [3.8, 4) is 0 Å². The van der Waals surface area contributed by atoms with E-state index in [4.69, 9.17) is 11.6 Å². The number of rotatable bonds is 13. The second kappa shape index (κ2) is 13.7. The lowest BCUT2D eigenvalue weighted by Crippen LogP contribution is -2.49. The van der Waals surface area contributed by atoms with Crippen molar-refractivity contribution in [1.29, 1.82) is 0 Å². The number of nitrogens with one attached hydrogen (secondary N) is 1. The lowest BCUT2D eigenvalue weighted by Gasteiger charge is -2.31. The van der Waals surface area contributed by atoms with Gasteiger partial charge in [0.15, 0.2) is 0 Å². The van der Waals surface area contributed by atoms with Crippen molar-refractivity contribution in [1.82, 2.24) is 10.2 Å². The zero-order valence-corrected chi connectivity index (χ0v) is 23.5. The molecular formula is C27H38ClN3O4S. The van der Waals surface area contributed by atoms with Gasteiger partial charge in [-0.25, -0.2) is 8.42 Å². The molecule has 9 heteroatoms. The zero-order chi connectivity index (χ0) is 26.9. The third kappa shape index (κ3) is 8.23. The van der Waals surface area contributed by atoms with Crippen LogP contribution in [0.15, 0.2) is 42.5 Å². The number of sulfonamides is 1. The van der Waals surface area contributed by atoms with Crippen LogP contribution in [0.3, 0.4) is 0 Å². The van der Waals surface area contributed by atoms with E-state index in [9.17, 15) is 18.0 Å². The molecule has 2 rings (SSSR count). The maximum absolute atomic E-state index is 13.5. The van der Waals surface area contributed by atoms with Crippen molar-refractivity contribution >= 4 is 39.1 Å². The Bertz CT molecular complexity index is 1150. The fourth-order valence-electron chi connectivity index (χ4n) is 4.09. The van der Waals surface area contributed by atoms with Crippen molar-refractivity contribution in [2.75, 3.05) is 23.7 Å². The minimum Gasteiger partial charge on any atom is -0.354 e. The summed E-state index contributed by atoms with van der Waals surface area (Å²) in [6.07, 6.45) is 2.83. The average Bonchev–Trinajstić information content (AvgIpc) is 2.82. The second-order valence-corrected chi connectivity index (χ2v) is 11.4. The van der Waals surface area contributed by atoms with Gasteiger partial charge in [-0.15, -0.1) is 0 Å². The van der Waals surface area contributed by atoms with Gasteiger partial charge in [-0.2, -0.15) is 0 Å². The molecule has 0 saturated carbocycles. The van der Waals surface area contributed by atoms with Crippen molar-refractivity contribution in [2.45, 2.75) is 66.0 Å². The molecule has 2 aromatic carbocycles. The Morgan fingerprint density at radius 1 is 1.06 bits per heavy atom. The maximum Gasteiger partial charge on any atom is 0.242 e. The van der Waals surface area contributed by atoms with Gasteiger partial charge < -0.3 is 10.2 Å². The molecule has 0 aromatic heterocycles. The highest BCUT2D eigenvalue weighted by atomic mass is 35.5. The molecule has 2 aromatic rings. The molecule has 0 aliphatic carbocycles. The summed E-state index contributed by atoms with van der Waals surface area (Å²) in [5.41, 5.74) is 3.29. The Hall–Kier alpha value is -2.58. The highest BCUT2D eigenvalue weighted by Crippen LogP contribution is 2.27. The molecule has 1 unspecified atom stereocenters. The van der Waals surface area contributed by atoms with E-state index >= 15 is 0 Å². The predicted molar refractivity (Wildman–Crippen MR) is 147 cm³/mol. The van der Waals surface area contributed by atoms with Crippen LogP contribution in [0.5, 0.6) is 0 Å². The number of anilines is 1. The Labute approximate surface area is 220 Å². The molecule has 7 nitrogen and oxygen atoms in total. The van der Waals surface area contributed by atoms with Crippen LogP contribution in [0, 0.1) is 13.8 Å². The molecule has 0 spiro atoms. The topological polar surface area (TPSA) is 86.8 Å². The molecule has 36 heavy (non-hydrogen) atoms. The number of nitrogens with zero attached hydrogens (tertiary/aromatic N) is 2. The van der Waals surface area contributed by atoms with Crippen LogP contribution in [0.25, 0.3) is 0 Å². The Balaban J connectivity index is 2.25. The van der Waals surface area contributed by atoms with E-state index in [1.54, 1.807) is 23.1 Å². The minimum atomic E-state index is -3.59. The third-order valence-electron chi connectivity index (χ3n) is 6.13. The lowest BCUT2D eigenvalue weighted by atomic mass is 10.1. The number of hydrogen-bond acceptors (Lipinski definition) is 4. The van der Waals surface area contributed by atoms with Crippen molar-refractivity contribution in [2.24, 2.45) is 0 Å². The van der Waals surface area contributed by atoms with Gasteiger partial charge in [0, 0.05) is 31.1 Å². The van der Waals surface area contributed by atoms with Crippen molar-refractivity contribution in [3.63, 3.8) is 0 Å². The number of hydrogen-bond donors (Lipinski definition) is 1. The Morgan fingerprint density at radius 3 is 2.36 bits per heavy atom. The van der Waals surface area contributed by atoms with Crippen molar-refractivity contribution < 1.29 is 18.0 Å². The number of aryl methyl sites for hydroxylation is 2. The molecule has 0 fully saturated rings. The first-order valence-corrected chi connectivity index (χ1v) is 14.6. The van der Waals surface area contributed by atoms with Gasteiger partial charge in [-0.1, -0.05) is 55.8 Å². The van der Waals surface area contributed by atoms with E-state index in [1.807, 2.05) is 52.0 Å². The number of amides is 2. The number of carbonyl (C=O) groups excluding carboxylic acids is 2. The van der Waals surface area contributed by atoms with Crippen LogP contribution < -0.4 is 9.62 Å². The molecule has 1 atom stereocenters. The van der Waals surface area contributed by atoms with E-state index < -0.39 is 16.1 Å². The zero-order valence-electron chi connectivity index (χ0n) is 21.9. The molecule has 198 valence electrons. The van der Waals surface area contributed by atoms with Crippen LogP contribution in [0.4, 0.5) is 5.69 Å². The van der Waals surface area contributed by atoms with E-state index in [0.29, 0.717) is 36.6 Å². The van der Waals surface area contributed by atoms with Gasteiger partial charge >= 0.3 is 0 Å². The van der Waals surface area contributed by atoms with E-state index in [0.717, 1.165) is 29.4 Å². The predicted octanol–water partition coefficient (Wildman–Crippen LogP) is 4.84. The monoisotopic (exact) mass is 535 g/mol. The smallest absolute Gasteiger partial charge is 0.242 e. The molecule has 0 radical (unpaired) electrons. The lowest BCUT2D eigenvalue weighted by molar-refractivity contribution is -0.141. The van der Waals surface area contributed by atoms with Gasteiger partial charge in [0.25, 0.3) is 0 Å². The van der Waals surface area contributed by atoms with Gasteiger partial charge in [-0.3, -0.25) is 13.9 Å². The SMILES string of the molecule is CCCNC(=O)C(CC)N(Cc1ccccc1C)C(=O)CCCN(c1cc(Cl)ccc1C)S(C)(=O)=O. The van der Waals surface area contributed by atoms with E-state index in [2.05, 4.69) is 5.32 Å². The molecule has 0 bridgehead atoms. The highest BCUT2D eigenvalue weighted by Gasteiger charge is 2.29. The second-order valence-electron chi connectivity index (χ2n) is 9.03. The summed E-state index contributed by atoms with van der Waals surface area (Å²) >= 11 is 6.12. The fraction of sp³-hybridized carbons (Fsp3) is 0.481. The van der Waals surface area contributed by atoms with Crippen LogP contribution >= 0.6 is 11.6 Å². The molecule has 2 amide bonds. The maximum atomic E-state index is 13.5. The van der Waals surface area contributed by atoms with Crippen LogP contribution in [0.2, 0.25) is 5.02 Å². The van der Waals surface area contributed by atoms with E-state index in [-0.39, 0.29) is 24.8 Å². The molecular weight excluding hydrogens is 498 g/mol. The summed E-state index contributed by atoms with van der Waals surface area (Å²) in [5.74, 6) is -0.360. The van der Waals surface area contributed by atoms with Crippen LogP contribution in [-0.4, -0.2) is 50.5 Å². The molecule has 0 aliphatic rings. The molecule has 0 saturated heterocycles. The number of benzene rings is 2. The highest BCUT2D eigenvalue weighted by molar-refractivity contribution is 7.92. The largest absolute Gasteiger partial charge is 0.354 e. The van der Waals surface area contributed by atoms with Gasteiger partial charge in [0.05, 0.1) is 11.9 Å². The summed E-state index contributed by atoms with van der Waals surface area (Å²) in [6.45, 7) is 8.65. The summed E-state index contributed by atoms with van der Waals surface area (Å²) in [4.78, 5) is 28.0. The first-order valence-electron chi connectivity index (χ1n) is 12.3. The third-order valence-corrected chi connectivity index (χ3v) is 7.54. The average molecular weight is 536 g/mol. The summed E-state index contributed by atoms with van der Waals surface area (Å²) in [5, 5.41) is 3.35.